The highest BCUT2D eigenvalue weighted by Crippen LogP contribution is 2.24. The number of nitrogens with zero attached hydrogens (tertiary/aromatic N) is 4. The monoisotopic (exact) mass is 382 g/mol. The molecule has 0 N–H and O–H groups in total. The SMILES string of the molecule is Cc1ccccc1N1C[C@@H](C)N(C(=O)c2cn3cc(Cl)ccc3n2)CC1=O. The summed E-state index contributed by atoms with van der Waals surface area (Å²) in [6.45, 7) is 4.41. The van der Waals surface area contributed by atoms with Gasteiger partial charge in [0.05, 0.1) is 5.02 Å². The molecule has 7 heteroatoms. The minimum atomic E-state index is -0.250. The molecule has 3 aromatic rings. The first-order valence-electron chi connectivity index (χ1n) is 8.75. The van der Waals surface area contributed by atoms with Crippen LogP contribution < -0.4 is 4.90 Å². The number of carbonyl (C=O) groups is 2. The highest BCUT2D eigenvalue weighted by Gasteiger charge is 2.34. The van der Waals surface area contributed by atoms with Gasteiger partial charge in [-0.05, 0) is 37.6 Å². The van der Waals surface area contributed by atoms with E-state index < -0.39 is 0 Å². The number of pyridine rings is 1. The number of hydrogen-bond donors (Lipinski definition) is 0. The molecular weight excluding hydrogens is 364 g/mol. The van der Waals surface area contributed by atoms with Crippen LogP contribution in [0.2, 0.25) is 5.02 Å². The molecule has 0 aliphatic carbocycles. The standard InChI is InChI=1S/C20H19ClN4O2/c1-13-5-3-4-6-17(13)25-9-14(2)24(12-19(25)26)20(27)16-11-23-10-15(21)7-8-18(23)22-16/h3-8,10-11,14H,9,12H2,1-2H3/t14-/m1/s1. The van der Waals surface area contributed by atoms with Gasteiger partial charge in [-0.25, -0.2) is 4.98 Å². The zero-order chi connectivity index (χ0) is 19.1. The lowest BCUT2D eigenvalue weighted by Gasteiger charge is -2.39. The van der Waals surface area contributed by atoms with Gasteiger partial charge in [0.15, 0.2) is 0 Å². The van der Waals surface area contributed by atoms with Gasteiger partial charge in [0.1, 0.15) is 17.9 Å². The number of para-hydroxylation sites is 1. The summed E-state index contributed by atoms with van der Waals surface area (Å²) in [5.41, 5.74) is 2.88. The largest absolute Gasteiger partial charge is 0.323 e. The van der Waals surface area contributed by atoms with Crippen molar-refractivity contribution in [1.82, 2.24) is 14.3 Å². The van der Waals surface area contributed by atoms with E-state index in [1.54, 1.807) is 38.7 Å². The molecule has 1 fully saturated rings. The fourth-order valence-corrected chi connectivity index (χ4v) is 3.61. The summed E-state index contributed by atoms with van der Waals surface area (Å²) in [5, 5.41) is 0.564. The van der Waals surface area contributed by atoms with Crippen LogP contribution in [0.3, 0.4) is 0 Å². The topological polar surface area (TPSA) is 57.9 Å². The van der Waals surface area contributed by atoms with Gasteiger partial charge in [-0.15, -0.1) is 0 Å². The molecule has 1 aliphatic heterocycles. The zero-order valence-electron chi connectivity index (χ0n) is 15.1. The van der Waals surface area contributed by atoms with Crippen molar-refractivity contribution in [3.63, 3.8) is 0 Å². The summed E-state index contributed by atoms with van der Waals surface area (Å²) >= 11 is 5.99. The Labute approximate surface area is 162 Å². The van der Waals surface area contributed by atoms with Gasteiger partial charge < -0.3 is 14.2 Å². The quantitative estimate of drug-likeness (QED) is 0.684. The number of aromatic nitrogens is 2. The lowest BCUT2D eigenvalue weighted by Crippen LogP contribution is -2.57. The van der Waals surface area contributed by atoms with E-state index >= 15 is 0 Å². The predicted molar refractivity (Wildman–Crippen MR) is 104 cm³/mol. The number of benzene rings is 1. The van der Waals surface area contributed by atoms with Crippen molar-refractivity contribution >= 4 is 34.7 Å². The van der Waals surface area contributed by atoms with E-state index in [9.17, 15) is 9.59 Å². The van der Waals surface area contributed by atoms with Crippen LogP contribution in [-0.2, 0) is 4.79 Å². The molecule has 1 aliphatic rings. The number of halogens is 1. The highest BCUT2D eigenvalue weighted by molar-refractivity contribution is 6.30. The van der Waals surface area contributed by atoms with Gasteiger partial charge in [0, 0.05) is 30.7 Å². The highest BCUT2D eigenvalue weighted by atomic mass is 35.5. The van der Waals surface area contributed by atoms with Crippen LogP contribution in [-0.4, -0.2) is 45.2 Å². The lowest BCUT2D eigenvalue weighted by molar-refractivity contribution is -0.121. The van der Waals surface area contributed by atoms with Crippen LogP contribution in [0.25, 0.3) is 5.65 Å². The first-order chi connectivity index (χ1) is 12.9. The number of rotatable bonds is 2. The molecule has 1 saturated heterocycles. The Balaban J connectivity index is 1.59. The number of carbonyl (C=O) groups excluding carboxylic acids is 2. The second-order valence-electron chi connectivity index (χ2n) is 6.81. The third-order valence-corrected chi connectivity index (χ3v) is 5.11. The number of anilines is 1. The van der Waals surface area contributed by atoms with Gasteiger partial charge in [0.2, 0.25) is 5.91 Å². The molecule has 0 radical (unpaired) electrons. The summed E-state index contributed by atoms with van der Waals surface area (Å²) in [6.07, 6.45) is 3.35. The maximum atomic E-state index is 13.0. The number of piperazine rings is 1. The van der Waals surface area contributed by atoms with E-state index in [1.165, 1.54) is 0 Å². The summed E-state index contributed by atoms with van der Waals surface area (Å²) < 4.78 is 1.71. The van der Waals surface area contributed by atoms with E-state index in [0.717, 1.165) is 11.3 Å². The Morgan fingerprint density at radius 2 is 1.96 bits per heavy atom. The number of aryl methyl sites for hydroxylation is 1. The molecule has 0 unspecified atom stereocenters. The summed E-state index contributed by atoms with van der Waals surface area (Å²) in [5.74, 6) is -0.345. The van der Waals surface area contributed by atoms with Gasteiger partial charge in [-0.3, -0.25) is 9.59 Å². The zero-order valence-corrected chi connectivity index (χ0v) is 15.8. The second kappa shape index (κ2) is 6.70. The predicted octanol–water partition coefficient (Wildman–Crippen LogP) is 3.17. The molecule has 6 nitrogen and oxygen atoms in total. The first kappa shape index (κ1) is 17.5. The molecular formula is C20H19ClN4O2. The number of imidazole rings is 1. The van der Waals surface area contributed by atoms with Gasteiger partial charge in [-0.2, -0.15) is 0 Å². The van der Waals surface area contributed by atoms with Crippen LogP contribution >= 0.6 is 11.6 Å². The third kappa shape index (κ3) is 3.17. The maximum Gasteiger partial charge on any atom is 0.274 e. The molecule has 0 spiro atoms. The summed E-state index contributed by atoms with van der Waals surface area (Å²) in [6, 6.07) is 11.1. The fraction of sp³-hybridized carbons (Fsp3) is 0.250. The van der Waals surface area contributed by atoms with Gasteiger partial charge >= 0.3 is 0 Å². The van der Waals surface area contributed by atoms with Crippen molar-refractivity contribution in [2.75, 3.05) is 18.0 Å². The van der Waals surface area contributed by atoms with Crippen molar-refractivity contribution in [3.05, 3.63) is 65.1 Å². The summed E-state index contributed by atoms with van der Waals surface area (Å²) in [4.78, 5) is 33.4. The maximum absolute atomic E-state index is 13.0. The molecule has 4 rings (SSSR count). The average molecular weight is 383 g/mol. The molecule has 1 aromatic carbocycles. The van der Waals surface area contributed by atoms with E-state index in [2.05, 4.69) is 4.98 Å². The van der Waals surface area contributed by atoms with E-state index in [-0.39, 0.29) is 24.4 Å². The minimum absolute atomic E-state index is 0.0307. The summed E-state index contributed by atoms with van der Waals surface area (Å²) in [7, 11) is 0. The number of amides is 2. The van der Waals surface area contributed by atoms with Crippen molar-refractivity contribution in [2.24, 2.45) is 0 Å². The number of hydrogen-bond acceptors (Lipinski definition) is 3. The molecule has 138 valence electrons. The normalized spacial score (nSPS) is 17.6. The first-order valence-corrected chi connectivity index (χ1v) is 9.13. The van der Waals surface area contributed by atoms with Crippen molar-refractivity contribution in [2.45, 2.75) is 19.9 Å². The minimum Gasteiger partial charge on any atom is -0.323 e. The second-order valence-corrected chi connectivity index (χ2v) is 7.25. The molecule has 0 saturated carbocycles. The number of fused-ring (bicyclic) bond motifs is 1. The Morgan fingerprint density at radius 3 is 2.74 bits per heavy atom. The Morgan fingerprint density at radius 1 is 1.19 bits per heavy atom. The molecule has 27 heavy (non-hydrogen) atoms. The average Bonchev–Trinajstić information content (AvgIpc) is 3.06. The lowest BCUT2D eigenvalue weighted by atomic mass is 10.1. The van der Waals surface area contributed by atoms with Crippen LogP contribution in [0.4, 0.5) is 5.69 Å². The molecule has 3 heterocycles. The van der Waals surface area contributed by atoms with Crippen molar-refractivity contribution < 1.29 is 9.59 Å². The molecule has 1 atom stereocenters. The van der Waals surface area contributed by atoms with Crippen molar-refractivity contribution in [3.8, 4) is 0 Å². The van der Waals surface area contributed by atoms with E-state index in [0.29, 0.717) is 22.9 Å². The molecule has 2 amide bonds. The smallest absolute Gasteiger partial charge is 0.274 e. The van der Waals surface area contributed by atoms with E-state index in [1.807, 2.05) is 38.1 Å². The Bertz CT molecular complexity index is 1050. The van der Waals surface area contributed by atoms with Crippen LogP contribution in [0, 0.1) is 6.92 Å². The fourth-order valence-electron chi connectivity index (χ4n) is 3.44. The van der Waals surface area contributed by atoms with Crippen LogP contribution in [0.5, 0.6) is 0 Å². The Hall–Kier alpha value is -2.86. The van der Waals surface area contributed by atoms with Crippen LogP contribution in [0.1, 0.15) is 23.0 Å². The van der Waals surface area contributed by atoms with Crippen LogP contribution in [0.15, 0.2) is 48.8 Å². The van der Waals surface area contributed by atoms with Crippen molar-refractivity contribution in [1.29, 1.82) is 0 Å². The third-order valence-electron chi connectivity index (χ3n) is 4.89. The van der Waals surface area contributed by atoms with Gasteiger partial charge in [-0.1, -0.05) is 29.8 Å². The Kier molecular flexibility index (Phi) is 4.36. The molecule has 0 bridgehead atoms. The van der Waals surface area contributed by atoms with Gasteiger partial charge in [0.25, 0.3) is 5.91 Å². The van der Waals surface area contributed by atoms with E-state index in [4.69, 9.17) is 11.6 Å². The molecule has 2 aromatic heterocycles.